The van der Waals surface area contributed by atoms with Crippen LogP contribution < -0.4 is 0 Å². The van der Waals surface area contributed by atoms with E-state index in [4.69, 9.17) is 0 Å². The number of aromatic nitrogens is 1. The van der Waals surface area contributed by atoms with E-state index >= 15 is 0 Å². The largest absolute Gasteiger partial charge is 0.462 e. The van der Waals surface area contributed by atoms with Crippen molar-refractivity contribution in [1.29, 1.82) is 0 Å². The number of hydrogen-bond donors (Lipinski definition) is 1. The third-order valence-corrected chi connectivity index (χ3v) is 1.86. The van der Waals surface area contributed by atoms with E-state index in [1.165, 1.54) is 13.8 Å². The average molecular weight is 221 g/mol. The molecule has 0 aliphatic carbocycles. The van der Waals surface area contributed by atoms with E-state index in [0.717, 1.165) is 6.20 Å². The summed E-state index contributed by atoms with van der Waals surface area (Å²) in [6.45, 7) is 2.83. The van der Waals surface area contributed by atoms with Crippen molar-refractivity contribution in [2.75, 3.05) is 6.61 Å². The highest BCUT2D eigenvalue weighted by atomic mass is 19.4. The molecule has 15 heavy (non-hydrogen) atoms. The van der Waals surface area contributed by atoms with Gasteiger partial charge in [-0.15, -0.1) is 0 Å². The first-order chi connectivity index (χ1) is 6.88. The topological polar surface area (TPSA) is 42.1 Å². The number of carbonyl (C=O) groups excluding carboxylic acids is 1. The Bertz CT molecular complexity index is 368. The molecular weight excluding hydrogens is 211 g/mol. The molecular formula is C9H10F3NO2. The van der Waals surface area contributed by atoms with Gasteiger partial charge in [-0.2, -0.15) is 13.2 Å². The Labute approximate surface area is 84.2 Å². The summed E-state index contributed by atoms with van der Waals surface area (Å²) in [6.07, 6.45) is -3.54. The van der Waals surface area contributed by atoms with Crippen molar-refractivity contribution >= 4 is 5.97 Å². The number of halogens is 3. The third-order valence-electron chi connectivity index (χ3n) is 1.86. The molecule has 0 spiro atoms. The van der Waals surface area contributed by atoms with E-state index in [-0.39, 0.29) is 12.3 Å². The highest BCUT2D eigenvalue weighted by Crippen LogP contribution is 2.34. The number of rotatable bonds is 2. The van der Waals surface area contributed by atoms with Gasteiger partial charge in [0.25, 0.3) is 0 Å². The summed E-state index contributed by atoms with van der Waals surface area (Å²) < 4.78 is 42.1. The maximum absolute atomic E-state index is 12.5. The van der Waals surface area contributed by atoms with Gasteiger partial charge in [0.2, 0.25) is 0 Å². The molecule has 0 fully saturated rings. The summed E-state index contributed by atoms with van der Waals surface area (Å²) in [4.78, 5) is 13.5. The number of nitrogens with one attached hydrogen (secondary N) is 1. The van der Waals surface area contributed by atoms with Crippen LogP contribution in [0, 0.1) is 6.92 Å². The first kappa shape index (κ1) is 11.6. The predicted octanol–water partition coefficient (Wildman–Crippen LogP) is 2.52. The van der Waals surface area contributed by atoms with Crippen molar-refractivity contribution < 1.29 is 22.7 Å². The molecule has 0 saturated heterocycles. The highest BCUT2D eigenvalue weighted by molar-refractivity contribution is 5.91. The van der Waals surface area contributed by atoms with Gasteiger partial charge in [-0.1, -0.05) is 0 Å². The van der Waals surface area contributed by atoms with Crippen molar-refractivity contribution in [3.8, 4) is 0 Å². The normalized spacial score (nSPS) is 11.5. The van der Waals surface area contributed by atoms with E-state index < -0.39 is 23.3 Å². The first-order valence-electron chi connectivity index (χ1n) is 4.30. The fourth-order valence-electron chi connectivity index (χ4n) is 1.26. The van der Waals surface area contributed by atoms with Gasteiger partial charge in [-0.25, -0.2) is 4.79 Å². The van der Waals surface area contributed by atoms with Crippen LogP contribution in [0.25, 0.3) is 0 Å². The second-order valence-electron chi connectivity index (χ2n) is 2.92. The second-order valence-corrected chi connectivity index (χ2v) is 2.92. The van der Waals surface area contributed by atoms with Crippen LogP contribution in [0.3, 0.4) is 0 Å². The van der Waals surface area contributed by atoms with Gasteiger partial charge < -0.3 is 9.72 Å². The Morgan fingerprint density at radius 3 is 2.60 bits per heavy atom. The molecule has 0 aliphatic rings. The van der Waals surface area contributed by atoms with Crippen molar-refractivity contribution in [2.24, 2.45) is 0 Å². The molecule has 0 aliphatic heterocycles. The van der Waals surface area contributed by atoms with Crippen molar-refractivity contribution in [2.45, 2.75) is 20.0 Å². The minimum Gasteiger partial charge on any atom is -0.462 e. The summed E-state index contributed by atoms with van der Waals surface area (Å²) in [7, 11) is 0. The van der Waals surface area contributed by atoms with Gasteiger partial charge in [0.05, 0.1) is 17.7 Å². The lowest BCUT2D eigenvalue weighted by Gasteiger charge is -2.08. The fraction of sp³-hybridized carbons (Fsp3) is 0.444. The second kappa shape index (κ2) is 3.96. The van der Waals surface area contributed by atoms with Gasteiger partial charge in [0.1, 0.15) is 0 Å². The van der Waals surface area contributed by atoms with E-state index in [9.17, 15) is 18.0 Å². The number of aromatic amines is 1. The lowest BCUT2D eigenvalue weighted by molar-refractivity contribution is -0.138. The van der Waals surface area contributed by atoms with Crippen LogP contribution in [-0.4, -0.2) is 17.6 Å². The van der Waals surface area contributed by atoms with Gasteiger partial charge in [0.15, 0.2) is 0 Å². The van der Waals surface area contributed by atoms with Crippen molar-refractivity contribution in [3.63, 3.8) is 0 Å². The molecule has 0 unspecified atom stereocenters. The molecule has 3 nitrogen and oxygen atoms in total. The van der Waals surface area contributed by atoms with E-state index in [0.29, 0.717) is 0 Å². The van der Waals surface area contributed by atoms with E-state index in [2.05, 4.69) is 9.72 Å². The third kappa shape index (κ3) is 2.31. The molecule has 1 aromatic heterocycles. The molecule has 0 saturated carbocycles. The minimum absolute atomic E-state index is 0.0420. The molecule has 1 rings (SSSR count). The zero-order valence-electron chi connectivity index (χ0n) is 8.23. The molecule has 0 bridgehead atoms. The lowest BCUT2D eigenvalue weighted by Crippen LogP contribution is -2.14. The first-order valence-corrected chi connectivity index (χ1v) is 4.30. The van der Waals surface area contributed by atoms with Crippen LogP contribution in [0.4, 0.5) is 13.2 Å². The summed E-state index contributed by atoms with van der Waals surface area (Å²) >= 11 is 0. The Kier molecular flexibility index (Phi) is 3.06. The molecule has 1 aromatic rings. The van der Waals surface area contributed by atoms with Crippen molar-refractivity contribution in [3.05, 3.63) is 23.0 Å². The minimum atomic E-state index is -4.55. The molecule has 0 amide bonds. The quantitative estimate of drug-likeness (QED) is 0.779. The molecule has 0 radical (unpaired) electrons. The molecule has 0 aromatic carbocycles. The molecule has 6 heteroatoms. The Morgan fingerprint density at radius 2 is 2.13 bits per heavy atom. The fourth-order valence-corrected chi connectivity index (χ4v) is 1.26. The number of ether oxygens (including phenoxy) is 1. The van der Waals surface area contributed by atoms with Gasteiger partial charge in [0, 0.05) is 11.9 Å². The standard InChI is InChI=1S/C9H10F3NO2/c1-3-15-8(14)6-4-13-5(2)7(6)9(10,11)12/h4,13H,3H2,1-2H3. The van der Waals surface area contributed by atoms with Crippen molar-refractivity contribution in [1.82, 2.24) is 4.98 Å². The van der Waals surface area contributed by atoms with Gasteiger partial charge in [-0.05, 0) is 13.8 Å². The number of esters is 1. The van der Waals surface area contributed by atoms with Crippen LogP contribution in [0.5, 0.6) is 0 Å². The van der Waals surface area contributed by atoms with Gasteiger partial charge >= 0.3 is 12.1 Å². The summed E-state index contributed by atoms with van der Waals surface area (Å²) in [5, 5.41) is 0. The number of aryl methyl sites for hydroxylation is 1. The van der Waals surface area contributed by atoms with E-state index in [1.54, 1.807) is 0 Å². The van der Waals surface area contributed by atoms with Gasteiger partial charge in [-0.3, -0.25) is 0 Å². The Balaban J connectivity index is 3.15. The summed E-state index contributed by atoms with van der Waals surface area (Å²) in [5.74, 6) is -0.964. The van der Waals surface area contributed by atoms with Crippen LogP contribution in [-0.2, 0) is 10.9 Å². The van der Waals surface area contributed by atoms with Crippen LogP contribution in [0.2, 0.25) is 0 Å². The smallest absolute Gasteiger partial charge is 0.418 e. The maximum Gasteiger partial charge on any atom is 0.418 e. The van der Waals surface area contributed by atoms with Crippen LogP contribution >= 0.6 is 0 Å². The zero-order valence-corrected chi connectivity index (χ0v) is 8.23. The summed E-state index contributed by atoms with van der Waals surface area (Å²) in [6, 6.07) is 0. The number of H-pyrrole nitrogens is 1. The van der Waals surface area contributed by atoms with E-state index in [1.807, 2.05) is 0 Å². The Hall–Kier alpha value is -1.46. The number of alkyl halides is 3. The number of hydrogen-bond acceptors (Lipinski definition) is 2. The molecule has 1 heterocycles. The summed E-state index contributed by atoms with van der Waals surface area (Å²) in [5.41, 5.74) is -1.52. The number of carbonyl (C=O) groups is 1. The zero-order chi connectivity index (χ0) is 11.6. The maximum atomic E-state index is 12.5. The monoisotopic (exact) mass is 221 g/mol. The van der Waals surface area contributed by atoms with Crippen LogP contribution in [0.1, 0.15) is 28.5 Å². The SMILES string of the molecule is CCOC(=O)c1c[nH]c(C)c1C(F)(F)F. The lowest BCUT2D eigenvalue weighted by atomic mass is 10.1. The molecule has 0 atom stereocenters. The van der Waals surface area contributed by atoms with Crippen LogP contribution in [0.15, 0.2) is 6.20 Å². The average Bonchev–Trinajstić information content (AvgIpc) is 2.46. The molecule has 1 N–H and O–H groups in total. The predicted molar refractivity (Wildman–Crippen MR) is 46.5 cm³/mol. The molecule has 84 valence electrons. The Morgan fingerprint density at radius 1 is 1.53 bits per heavy atom. The highest BCUT2D eigenvalue weighted by Gasteiger charge is 2.38.